The topological polar surface area (TPSA) is 117 Å². The number of quaternary nitrogens is 1. The van der Waals surface area contributed by atoms with Crippen molar-refractivity contribution in [2.45, 2.75) is 26.3 Å². The Kier molecular flexibility index (Phi) is 4.67. The van der Waals surface area contributed by atoms with Gasteiger partial charge in [-0.2, -0.15) is 0 Å². The molecular formula is C24H25N4O4+. The summed E-state index contributed by atoms with van der Waals surface area (Å²) in [5.41, 5.74) is 4.35. The van der Waals surface area contributed by atoms with Crippen molar-refractivity contribution in [3.63, 3.8) is 0 Å². The highest BCUT2D eigenvalue weighted by Gasteiger charge is 2.34. The highest BCUT2D eigenvalue weighted by atomic mass is 16.5. The maximum Gasteiger partial charge on any atom is 0.335 e. The Bertz CT molecular complexity index is 1480. The minimum atomic E-state index is -0.670. The van der Waals surface area contributed by atoms with Crippen molar-refractivity contribution in [3.05, 3.63) is 85.2 Å². The summed E-state index contributed by atoms with van der Waals surface area (Å²) in [4.78, 5) is 31.4. The average molecular weight is 433 g/mol. The van der Waals surface area contributed by atoms with E-state index in [0.717, 1.165) is 56.6 Å². The van der Waals surface area contributed by atoms with Crippen LogP contribution in [0.5, 0.6) is 11.6 Å². The summed E-state index contributed by atoms with van der Waals surface area (Å²) in [6, 6.07) is 10.8. The molecule has 2 aromatic carbocycles. The molecule has 0 saturated carbocycles. The van der Waals surface area contributed by atoms with E-state index < -0.39 is 17.3 Å². The first-order valence-corrected chi connectivity index (χ1v) is 10.6. The molecule has 0 saturated heterocycles. The van der Waals surface area contributed by atoms with Crippen LogP contribution in [0, 0.1) is 13.8 Å². The number of hydrogen-bond acceptors (Lipinski definition) is 4. The molecule has 5 rings (SSSR count). The zero-order chi connectivity index (χ0) is 22.6. The lowest BCUT2D eigenvalue weighted by Crippen LogP contribution is -2.87. The van der Waals surface area contributed by atoms with Gasteiger partial charge in [-0.15, -0.1) is 0 Å². The number of nitrogens with two attached hydrogens (primary N) is 1. The van der Waals surface area contributed by atoms with E-state index in [4.69, 9.17) is 4.74 Å². The molecule has 4 aromatic rings. The van der Waals surface area contributed by atoms with E-state index >= 15 is 0 Å². The molecule has 0 radical (unpaired) electrons. The number of methoxy groups -OCH3 is 1. The standard InChI is InChI=1S/C24H24N4O4/c1-12-4-5-14(10-13(12)2)28-23(30)19(22(29)27-24(28)31)21-20-16(8-9-25-21)17-11-15(32-3)6-7-18(17)26-20/h4-7,10-11,21,25-26,30H,8-9H2,1-3H3,(H,27,29,31)/p+1/t21-/m1/s1. The normalized spacial score (nSPS) is 15.7. The monoisotopic (exact) mass is 433 g/mol. The molecule has 0 unspecified atom stereocenters. The number of H-pyrrole nitrogens is 2. The van der Waals surface area contributed by atoms with Gasteiger partial charge in [0.1, 0.15) is 11.3 Å². The van der Waals surface area contributed by atoms with E-state index in [2.05, 4.69) is 9.97 Å². The molecule has 1 aliphatic rings. The predicted molar refractivity (Wildman–Crippen MR) is 121 cm³/mol. The molecule has 0 aliphatic carbocycles. The van der Waals surface area contributed by atoms with E-state index in [0.29, 0.717) is 5.69 Å². The second kappa shape index (κ2) is 7.42. The molecule has 8 heteroatoms. The molecule has 3 heterocycles. The van der Waals surface area contributed by atoms with Gasteiger partial charge < -0.3 is 20.1 Å². The third-order valence-corrected chi connectivity index (χ3v) is 6.43. The van der Waals surface area contributed by atoms with Crippen molar-refractivity contribution in [1.29, 1.82) is 0 Å². The fourth-order valence-electron chi connectivity index (χ4n) is 4.61. The fourth-order valence-corrected chi connectivity index (χ4v) is 4.61. The number of ether oxygens (including phenoxy) is 1. The number of aryl methyl sites for hydroxylation is 2. The maximum absolute atomic E-state index is 12.9. The van der Waals surface area contributed by atoms with Crippen molar-refractivity contribution in [1.82, 2.24) is 14.5 Å². The summed E-state index contributed by atoms with van der Waals surface area (Å²) < 4.78 is 6.54. The minimum Gasteiger partial charge on any atom is -0.497 e. The Balaban J connectivity index is 1.72. The number of fused-ring (bicyclic) bond motifs is 3. The van der Waals surface area contributed by atoms with Crippen molar-refractivity contribution in [2.24, 2.45) is 0 Å². The van der Waals surface area contributed by atoms with Gasteiger partial charge in [-0.25, -0.2) is 9.36 Å². The zero-order valence-electron chi connectivity index (χ0n) is 18.2. The van der Waals surface area contributed by atoms with Crippen LogP contribution in [0.4, 0.5) is 0 Å². The Hall–Kier alpha value is -3.78. The number of benzene rings is 2. The number of nitrogens with zero attached hydrogens (tertiary/aromatic N) is 1. The van der Waals surface area contributed by atoms with E-state index in [1.807, 2.05) is 49.5 Å². The van der Waals surface area contributed by atoms with Crippen LogP contribution in [0.1, 0.15) is 34.0 Å². The molecule has 1 atom stereocenters. The van der Waals surface area contributed by atoms with Gasteiger partial charge in [0.25, 0.3) is 5.56 Å². The van der Waals surface area contributed by atoms with Crippen LogP contribution in [-0.4, -0.2) is 33.3 Å². The summed E-state index contributed by atoms with van der Waals surface area (Å²) in [6.45, 7) is 4.65. The molecule has 164 valence electrons. The first-order valence-electron chi connectivity index (χ1n) is 10.6. The van der Waals surface area contributed by atoms with Gasteiger partial charge in [-0.1, -0.05) is 6.07 Å². The Morgan fingerprint density at radius 3 is 2.66 bits per heavy atom. The number of aromatic nitrogens is 3. The molecular weight excluding hydrogens is 408 g/mol. The number of rotatable bonds is 3. The van der Waals surface area contributed by atoms with Crippen LogP contribution in [0.25, 0.3) is 16.6 Å². The first kappa shape index (κ1) is 20.1. The lowest BCUT2D eigenvalue weighted by molar-refractivity contribution is -0.690. The smallest absolute Gasteiger partial charge is 0.335 e. The molecule has 1 aliphatic heterocycles. The zero-order valence-corrected chi connectivity index (χ0v) is 18.2. The highest BCUT2D eigenvalue weighted by molar-refractivity contribution is 5.86. The fraction of sp³-hybridized carbons (Fsp3) is 0.250. The minimum absolute atomic E-state index is 0.155. The second-order valence-electron chi connectivity index (χ2n) is 8.28. The molecule has 0 fully saturated rings. The number of nitrogens with one attached hydrogen (secondary N) is 2. The van der Waals surface area contributed by atoms with Gasteiger partial charge in [0, 0.05) is 17.3 Å². The van der Waals surface area contributed by atoms with Crippen LogP contribution in [-0.2, 0) is 6.42 Å². The van der Waals surface area contributed by atoms with Crippen molar-refractivity contribution < 1.29 is 15.2 Å². The summed E-state index contributed by atoms with van der Waals surface area (Å²) in [5.74, 6) is 0.418. The Morgan fingerprint density at radius 2 is 1.91 bits per heavy atom. The largest absolute Gasteiger partial charge is 0.497 e. The van der Waals surface area contributed by atoms with E-state index in [1.54, 1.807) is 13.2 Å². The van der Waals surface area contributed by atoms with Gasteiger partial charge in [0.15, 0.2) is 6.04 Å². The Labute approximate surface area is 183 Å². The molecule has 0 amide bonds. The van der Waals surface area contributed by atoms with Gasteiger partial charge in [-0.3, -0.25) is 9.78 Å². The first-order chi connectivity index (χ1) is 15.4. The van der Waals surface area contributed by atoms with Gasteiger partial charge >= 0.3 is 5.69 Å². The van der Waals surface area contributed by atoms with Gasteiger partial charge in [0.05, 0.1) is 25.0 Å². The number of hydrogen-bond donors (Lipinski definition) is 4. The highest BCUT2D eigenvalue weighted by Crippen LogP contribution is 2.34. The second-order valence-corrected chi connectivity index (χ2v) is 8.28. The van der Waals surface area contributed by atoms with E-state index in [1.165, 1.54) is 0 Å². The molecule has 0 bridgehead atoms. The van der Waals surface area contributed by atoms with Crippen LogP contribution in [0.2, 0.25) is 0 Å². The molecule has 32 heavy (non-hydrogen) atoms. The van der Waals surface area contributed by atoms with Crippen LogP contribution in [0.3, 0.4) is 0 Å². The molecule has 0 spiro atoms. The third-order valence-electron chi connectivity index (χ3n) is 6.43. The van der Waals surface area contributed by atoms with E-state index in [-0.39, 0.29) is 11.4 Å². The Morgan fingerprint density at radius 1 is 1.09 bits per heavy atom. The number of aromatic hydroxyl groups is 1. The SMILES string of the molecule is COc1ccc2[nH]c3c(c2c1)CC[NH2+][C@@H]3c1c(O)n(-c2ccc(C)c(C)c2)c(=O)[nH]c1=O. The molecule has 8 nitrogen and oxygen atoms in total. The maximum atomic E-state index is 12.9. The summed E-state index contributed by atoms with van der Waals surface area (Å²) in [6.07, 6.45) is 0.814. The van der Waals surface area contributed by atoms with Crippen molar-refractivity contribution in [3.8, 4) is 17.3 Å². The van der Waals surface area contributed by atoms with Gasteiger partial charge in [-0.05, 0) is 60.9 Å². The van der Waals surface area contributed by atoms with Crippen molar-refractivity contribution >= 4 is 10.9 Å². The van der Waals surface area contributed by atoms with Crippen molar-refractivity contribution in [2.75, 3.05) is 13.7 Å². The van der Waals surface area contributed by atoms with Crippen LogP contribution >= 0.6 is 0 Å². The third kappa shape index (κ3) is 3.03. The van der Waals surface area contributed by atoms with Crippen LogP contribution < -0.4 is 21.3 Å². The number of aromatic amines is 2. The van der Waals surface area contributed by atoms with Crippen LogP contribution in [0.15, 0.2) is 46.0 Å². The summed E-state index contributed by atoms with van der Waals surface area (Å²) in [5, 5.41) is 14.2. The average Bonchev–Trinajstić information content (AvgIpc) is 3.14. The summed E-state index contributed by atoms with van der Waals surface area (Å²) in [7, 11) is 1.63. The summed E-state index contributed by atoms with van der Waals surface area (Å²) >= 11 is 0. The quantitative estimate of drug-likeness (QED) is 0.392. The predicted octanol–water partition coefficient (Wildman–Crippen LogP) is 1.55. The van der Waals surface area contributed by atoms with E-state index in [9.17, 15) is 14.7 Å². The lowest BCUT2D eigenvalue weighted by Gasteiger charge is -2.22. The van der Waals surface area contributed by atoms with Gasteiger partial charge in [0.2, 0.25) is 5.88 Å². The molecule has 2 aromatic heterocycles. The molecule has 5 N–H and O–H groups in total. The lowest BCUT2D eigenvalue weighted by atomic mass is 9.95.